The lowest BCUT2D eigenvalue weighted by Crippen LogP contribution is -2.30. The minimum Gasteiger partial charge on any atom is -0.497 e. The lowest BCUT2D eigenvalue weighted by atomic mass is 10.1. The molecule has 1 unspecified atom stereocenters. The van der Waals surface area contributed by atoms with E-state index in [4.69, 9.17) is 10.5 Å². The third-order valence-electron chi connectivity index (χ3n) is 4.13. The molecule has 1 aliphatic rings. The molecule has 1 atom stereocenters. The monoisotopic (exact) mass is 312 g/mol. The lowest BCUT2D eigenvalue weighted by molar-refractivity contribution is 0.413. The standard InChI is InChI=1S/C15H24N2O3S/c1-3-12-7-9-17(11-12)21(18,19)15-5-4-14(20-2)10-13(15)6-8-16/h4-5,10,12H,3,6-9,11,16H2,1-2H3. The molecular weight excluding hydrogens is 288 g/mol. The van der Waals surface area contributed by atoms with Crippen molar-refractivity contribution in [3.05, 3.63) is 23.8 Å². The lowest BCUT2D eigenvalue weighted by Gasteiger charge is -2.19. The van der Waals surface area contributed by atoms with Gasteiger partial charge in [0.25, 0.3) is 0 Å². The van der Waals surface area contributed by atoms with E-state index in [-0.39, 0.29) is 0 Å². The second-order valence-electron chi connectivity index (χ2n) is 5.44. The number of hydrogen-bond donors (Lipinski definition) is 1. The van der Waals surface area contributed by atoms with Gasteiger partial charge in [-0.3, -0.25) is 0 Å². The fourth-order valence-corrected chi connectivity index (χ4v) is 4.54. The second-order valence-corrected chi connectivity index (χ2v) is 7.34. The normalized spacial score (nSPS) is 19.9. The second kappa shape index (κ2) is 6.77. The van der Waals surface area contributed by atoms with Crippen LogP contribution in [0.5, 0.6) is 5.75 Å². The van der Waals surface area contributed by atoms with E-state index in [2.05, 4.69) is 6.92 Å². The van der Waals surface area contributed by atoms with Crippen LogP contribution in [0.1, 0.15) is 25.3 Å². The Morgan fingerprint density at radius 3 is 2.76 bits per heavy atom. The first-order chi connectivity index (χ1) is 10.0. The number of hydrogen-bond acceptors (Lipinski definition) is 4. The molecule has 0 bridgehead atoms. The minimum absolute atomic E-state index is 0.366. The molecule has 0 aliphatic carbocycles. The van der Waals surface area contributed by atoms with Gasteiger partial charge in [0.05, 0.1) is 12.0 Å². The van der Waals surface area contributed by atoms with E-state index in [1.165, 1.54) is 0 Å². The fraction of sp³-hybridized carbons (Fsp3) is 0.600. The van der Waals surface area contributed by atoms with Gasteiger partial charge in [0, 0.05) is 13.1 Å². The summed E-state index contributed by atoms with van der Waals surface area (Å²) in [6.07, 6.45) is 2.49. The number of methoxy groups -OCH3 is 1. The fourth-order valence-electron chi connectivity index (χ4n) is 2.77. The molecule has 0 saturated carbocycles. The van der Waals surface area contributed by atoms with Gasteiger partial charge in [-0.15, -0.1) is 0 Å². The Hall–Kier alpha value is -1.11. The van der Waals surface area contributed by atoms with Gasteiger partial charge in [0.15, 0.2) is 0 Å². The van der Waals surface area contributed by atoms with E-state index in [1.807, 2.05) is 0 Å². The smallest absolute Gasteiger partial charge is 0.243 e. The van der Waals surface area contributed by atoms with Crippen molar-refractivity contribution in [1.82, 2.24) is 4.31 Å². The van der Waals surface area contributed by atoms with Crippen molar-refractivity contribution in [2.45, 2.75) is 31.1 Å². The predicted molar refractivity (Wildman–Crippen MR) is 82.9 cm³/mol. The average molecular weight is 312 g/mol. The molecule has 2 N–H and O–H groups in total. The predicted octanol–water partition coefficient (Wildman–Crippen LogP) is 1.62. The van der Waals surface area contributed by atoms with Gasteiger partial charge >= 0.3 is 0 Å². The number of nitrogens with two attached hydrogens (primary N) is 1. The summed E-state index contributed by atoms with van der Waals surface area (Å²) in [4.78, 5) is 0.366. The number of ether oxygens (including phenoxy) is 1. The number of sulfonamides is 1. The third-order valence-corrected chi connectivity index (χ3v) is 6.09. The molecule has 1 fully saturated rings. The summed E-state index contributed by atoms with van der Waals surface area (Å²) in [6.45, 7) is 3.74. The van der Waals surface area contributed by atoms with Crippen molar-refractivity contribution in [3.8, 4) is 5.75 Å². The molecule has 1 heterocycles. The van der Waals surface area contributed by atoms with Gasteiger partial charge < -0.3 is 10.5 Å². The maximum atomic E-state index is 12.8. The molecular formula is C15H24N2O3S. The van der Waals surface area contributed by atoms with Crippen LogP contribution >= 0.6 is 0 Å². The highest BCUT2D eigenvalue weighted by molar-refractivity contribution is 7.89. The zero-order chi connectivity index (χ0) is 15.5. The van der Waals surface area contributed by atoms with Crippen molar-refractivity contribution in [1.29, 1.82) is 0 Å². The minimum atomic E-state index is -3.44. The van der Waals surface area contributed by atoms with E-state index >= 15 is 0 Å². The average Bonchev–Trinajstić information content (AvgIpc) is 2.97. The van der Waals surface area contributed by atoms with Gasteiger partial charge in [0.2, 0.25) is 10.0 Å². The number of benzene rings is 1. The third kappa shape index (κ3) is 3.39. The quantitative estimate of drug-likeness (QED) is 0.866. The Kier molecular flexibility index (Phi) is 5.24. The van der Waals surface area contributed by atoms with E-state index in [1.54, 1.807) is 29.6 Å². The van der Waals surface area contributed by atoms with Gasteiger partial charge in [0.1, 0.15) is 5.75 Å². The Morgan fingerprint density at radius 1 is 1.43 bits per heavy atom. The van der Waals surface area contributed by atoms with E-state index < -0.39 is 10.0 Å². The van der Waals surface area contributed by atoms with Crippen LogP contribution in [0.4, 0.5) is 0 Å². The van der Waals surface area contributed by atoms with Crippen LogP contribution in [-0.2, 0) is 16.4 Å². The first kappa shape index (κ1) is 16.3. The summed E-state index contributed by atoms with van der Waals surface area (Å²) < 4.78 is 32.5. The van der Waals surface area contributed by atoms with E-state index in [0.29, 0.717) is 42.6 Å². The summed E-state index contributed by atoms with van der Waals surface area (Å²) >= 11 is 0. The van der Waals surface area contributed by atoms with Crippen LogP contribution in [0.3, 0.4) is 0 Å². The van der Waals surface area contributed by atoms with Crippen molar-refractivity contribution >= 4 is 10.0 Å². The molecule has 1 aliphatic heterocycles. The molecule has 0 aromatic heterocycles. The molecule has 0 spiro atoms. The number of rotatable bonds is 6. The zero-order valence-corrected chi connectivity index (χ0v) is 13.5. The Balaban J connectivity index is 2.35. The molecule has 21 heavy (non-hydrogen) atoms. The van der Waals surface area contributed by atoms with Crippen LogP contribution < -0.4 is 10.5 Å². The number of nitrogens with zero attached hydrogens (tertiary/aromatic N) is 1. The first-order valence-electron chi connectivity index (χ1n) is 7.40. The highest BCUT2D eigenvalue weighted by atomic mass is 32.2. The van der Waals surface area contributed by atoms with Crippen molar-refractivity contribution in [3.63, 3.8) is 0 Å². The van der Waals surface area contributed by atoms with Crippen molar-refractivity contribution in [2.75, 3.05) is 26.7 Å². The highest BCUT2D eigenvalue weighted by Gasteiger charge is 2.33. The molecule has 1 aromatic carbocycles. The molecule has 0 radical (unpaired) electrons. The zero-order valence-electron chi connectivity index (χ0n) is 12.7. The van der Waals surface area contributed by atoms with Gasteiger partial charge in [-0.25, -0.2) is 8.42 Å². The van der Waals surface area contributed by atoms with Crippen LogP contribution in [0.25, 0.3) is 0 Å². The van der Waals surface area contributed by atoms with Crippen LogP contribution in [0, 0.1) is 5.92 Å². The molecule has 118 valence electrons. The van der Waals surface area contributed by atoms with Crippen LogP contribution in [0.15, 0.2) is 23.1 Å². The Morgan fingerprint density at radius 2 is 2.19 bits per heavy atom. The maximum Gasteiger partial charge on any atom is 0.243 e. The summed E-state index contributed by atoms with van der Waals surface area (Å²) in [5.41, 5.74) is 6.35. The topological polar surface area (TPSA) is 72.6 Å². The van der Waals surface area contributed by atoms with Crippen molar-refractivity contribution < 1.29 is 13.2 Å². The summed E-state index contributed by atoms with van der Waals surface area (Å²) in [5, 5.41) is 0. The molecule has 1 aromatic rings. The Bertz CT molecular complexity index is 587. The summed E-state index contributed by atoms with van der Waals surface area (Å²) in [5.74, 6) is 1.13. The highest BCUT2D eigenvalue weighted by Crippen LogP contribution is 2.29. The molecule has 5 nitrogen and oxygen atoms in total. The Labute approximate surface area is 127 Å². The van der Waals surface area contributed by atoms with Gasteiger partial charge in [-0.1, -0.05) is 13.3 Å². The van der Waals surface area contributed by atoms with Gasteiger partial charge in [-0.05, 0) is 49.1 Å². The van der Waals surface area contributed by atoms with Gasteiger partial charge in [-0.2, -0.15) is 4.31 Å². The molecule has 0 amide bonds. The van der Waals surface area contributed by atoms with Crippen LogP contribution in [-0.4, -0.2) is 39.5 Å². The summed E-state index contributed by atoms with van der Waals surface area (Å²) in [6, 6.07) is 5.10. The first-order valence-corrected chi connectivity index (χ1v) is 8.84. The van der Waals surface area contributed by atoms with E-state index in [0.717, 1.165) is 18.4 Å². The van der Waals surface area contributed by atoms with Crippen molar-refractivity contribution in [2.24, 2.45) is 11.7 Å². The molecule has 6 heteroatoms. The SMILES string of the molecule is CCC1CCN(S(=O)(=O)c2ccc(OC)cc2CCN)C1. The molecule has 2 rings (SSSR count). The largest absolute Gasteiger partial charge is 0.497 e. The molecule has 1 saturated heterocycles. The summed E-state index contributed by atoms with van der Waals surface area (Å²) in [7, 11) is -1.87. The van der Waals surface area contributed by atoms with E-state index in [9.17, 15) is 8.42 Å². The van der Waals surface area contributed by atoms with Crippen LogP contribution in [0.2, 0.25) is 0 Å². The maximum absolute atomic E-state index is 12.8.